The Morgan fingerprint density at radius 1 is 0.800 bits per heavy atom. The Morgan fingerprint density at radius 2 is 1.30 bits per heavy atom. The molecule has 0 aliphatic heterocycles. The summed E-state index contributed by atoms with van der Waals surface area (Å²) < 4.78 is 0. The number of carboxylic acid groups (broad SMARTS) is 1. The normalized spacial score (nSPS) is 14.7. The fourth-order valence-corrected chi connectivity index (χ4v) is 2.25. The summed E-state index contributed by atoms with van der Waals surface area (Å²) >= 11 is 0. The number of aliphatic carboxylic acids is 1. The van der Waals surface area contributed by atoms with Crippen LogP contribution in [0.2, 0.25) is 0 Å². The van der Waals surface area contributed by atoms with Gasteiger partial charge in [0.2, 0.25) is 23.6 Å². The first kappa shape index (κ1) is 27.2. The minimum Gasteiger partial charge on any atom is -0.480 e. The van der Waals surface area contributed by atoms with Crippen molar-refractivity contribution in [3.05, 3.63) is 0 Å². The Kier molecular flexibility index (Phi) is 12.9. The van der Waals surface area contributed by atoms with Crippen molar-refractivity contribution in [1.82, 2.24) is 16.0 Å². The molecule has 4 amide bonds. The molecule has 0 saturated carbocycles. The molecule has 0 aromatic rings. The summed E-state index contributed by atoms with van der Waals surface area (Å²) in [5.74, 6) is -5.39. The summed E-state index contributed by atoms with van der Waals surface area (Å²) in [6.45, 7) is -1.35. The topological polar surface area (TPSA) is 260 Å². The van der Waals surface area contributed by atoms with Gasteiger partial charge < -0.3 is 48.5 Å². The molecule has 0 saturated heterocycles. The summed E-state index contributed by atoms with van der Waals surface area (Å²) in [6, 6.07) is -5.73. The zero-order chi connectivity index (χ0) is 23.3. The maximum absolute atomic E-state index is 12.3. The van der Waals surface area contributed by atoms with E-state index in [1.165, 1.54) is 0 Å². The largest absolute Gasteiger partial charge is 0.480 e. The molecule has 172 valence electrons. The lowest BCUT2D eigenvalue weighted by Gasteiger charge is -2.23. The number of unbranched alkanes of at least 4 members (excludes halogenated alkanes) is 1. The van der Waals surface area contributed by atoms with E-state index in [1.54, 1.807) is 0 Å². The van der Waals surface area contributed by atoms with E-state index in [2.05, 4.69) is 10.6 Å². The van der Waals surface area contributed by atoms with Crippen LogP contribution in [0.25, 0.3) is 0 Å². The van der Waals surface area contributed by atoms with Gasteiger partial charge in [-0.15, -0.1) is 0 Å². The molecular weight excluding hydrogens is 404 g/mol. The van der Waals surface area contributed by atoms with Crippen LogP contribution in [0, 0.1) is 0 Å². The Morgan fingerprint density at radius 3 is 1.77 bits per heavy atom. The summed E-state index contributed by atoms with van der Waals surface area (Å²) in [7, 11) is 0. The Bertz CT molecular complexity index is 617. The highest BCUT2D eigenvalue weighted by Crippen LogP contribution is 2.00. The van der Waals surface area contributed by atoms with E-state index in [-0.39, 0.29) is 0 Å². The quantitative estimate of drug-likeness (QED) is 0.111. The predicted molar refractivity (Wildman–Crippen MR) is 102 cm³/mol. The van der Waals surface area contributed by atoms with Crippen LogP contribution >= 0.6 is 0 Å². The second kappa shape index (κ2) is 14.2. The van der Waals surface area contributed by atoms with Crippen molar-refractivity contribution in [2.24, 2.45) is 17.2 Å². The Hall–Kier alpha value is -2.81. The van der Waals surface area contributed by atoms with E-state index >= 15 is 0 Å². The highest BCUT2D eigenvalue weighted by Gasteiger charge is 2.30. The van der Waals surface area contributed by atoms with Gasteiger partial charge in [-0.1, -0.05) is 6.42 Å². The van der Waals surface area contributed by atoms with E-state index in [0.717, 1.165) is 0 Å². The van der Waals surface area contributed by atoms with Crippen LogP contribution in [-0.2, 0) is 24.0 Å². The van der Waals surface area contributed by atoms with Crippen LogP contribution in [0.3, 0.4) is 0 Å². The molecule has 0 aromatic heterocycles. The number of carbonyl (C=O) groups excluding carboxylic acids is 4. The zero-order valence-electron chi connectivity index (χ0n) is 16.4. The molecule has 14 heteroatoms. The second-order valence-corrected chi connectivity index (χ2v) is 6.45. The highest BCUT2D eigenvalue weighted by molar-refractivity contribution is 5.96. The van der Waals surface area contributed by atoms with E-state index in [1.807, 2.05) is 5.32 Å². The van der Waals surface area contributed by atoms with Crippen molar-refractivity contribution in [3.8, 4) is 0 Å². The van der Waals surface area contributed by atoms with Gasteiger partial charge in [0.05, 0.1) is 25.7 Å². The molecule has 0 aliphatic carbocycles. The van der Waals surface area contributed by atoms with Gasteiger partial charge in [0.15, 0.2) is 0 Å². The number of amides is 4. The number of aliphatic hydroxyl groups excluding tert-OH is 2. The summed E-state index contributed by atoms with van der Waals surface area (Å²) in [4.78, 5) is 58.7. The van der Waals surface area contributed by atoms with E-state index in [0.29, 0.717) is 25.8 Å². The minimum absolute atomic E-state index is 0.299. The lowest BCUT2D eigenvalue weighted by molar-refractivity contribution is -0.143. The molecule has 4 unspecified atom stereocenters. The molecule has 0 bridgehead atoms. The zero-order valence-corrected chi connectivity index (χ0v) is 16.4. The van der Waals surface area contributed by atoms with Crippen molar-refractivity contribution in [1.29, 1.82) is 0 Å². The molecule has 4 atom stereocenters. The van der Waals surface area contributed by atoms with Crippen LogP contribution in [0.5, 0.6) is 0 Å². The lowest BCUT2D eigenvalue weighted by atomic mass is 10.1. The molecule has 0 radical (unpaired) electrons. The van der Waals surface area contributed by atoms with Crippen LogP contribution in [-0.4, -0.2) is 88.8 Å². The van der Waals surface area contributed by atoms with Crippen LogP contribution in [0.15, 0.2) is 0 Å². The SMILES string of the molecule is NCCCCC(N)C(=O)NC(CO)C(=O)NC(CC(N)=O)C(=O)NC(CO)C(=O)O. The molecule has 0 fully saturated rings. The Labute approximate surface area is 172 Å². The first-order chi connectivity index (χ1) is 14.1. The molecule has 12 N–H and O–H groups in total. The molecule has 0 heterocycles. The first-order valence-corrected chi connectivity index (χ1v) is 9.16. The molecule has 0 spiro atoms. The molecule has 30 heavy (non-hydrogen) atoms. The third-order valence-corrected chi connectivity index (χ3v) is 3.96. The molecule has 0 aromatic carbocycles. The molecular formula is C16H30N6O8. The third-order valence-electron chi connectivity index (χ3n) is 3.96. The van der Waals surface area contributed by atoms with Gasteiger partial charge in [0.1, 0.15) is 18.1 Å². The van der Waals surface area contributed by atoms with Crippen molar-refractivity contribution in [2.75, 3.05) is 19.8 Å². The van der Waals surface area contributed by atoms with Crippen LogP contribution < -0.4 is 33.2 Å². The fourth-order valence-electron chi connectivity index (χ4n) is 2.25. The molecule has 14 nitrogen and oxygen atoms in total. The van der Waals surface area contributed by atoms with Gasteiger partial charge in [-0.2, -0.15) is 0 Å². The maximum Gasteiger partial charge on any atom is 0.328 e. The Balaban J connectivity index is 5.08. The first-order valence-electron chi connectivity index (χ1n) is 9.16. The fraction of sp³-hybridized carbons (Fsp3) is 0.688. The van der Waals surface area contributed by atoms with Crippen molar-refractivity contribution >= 4 is 29.6 Å². The van der Waals surface area contributed by atoms with Crippen LogP contribution in [0.4, 0.5) is 0 Å². The standard InChI is InChI=1S/C16H30N6O8/c17-4-2-1-3-8(18)13(26)21-10(6-23)15(28)20-9(5-12(19)25)14(27)22-11(7-24)16(29)30/h8-11,23-24H,1-7,17-18H2,(H2,19,25)(H,20,28)(H,21,26)(H,22,27)(H,29,30). The van der Waals surface area contributed by atoms with Gasteiger partial charge in [-0.3, -0.25) is 19.2 Å². The summed E-state index contributed by atoms with van der Waals surface area (Å²) in [5, 5.41) is 33.5. The number of nitrogens with two attached hydrogens (primary N) is 3. The highest BCUT2D eigenvalue weighted by atomic mass is 16.4. The average molecular weight is 434 g/mol. The third kappa shape index (κ3) is 10.1. The van der Waals surface area contributed by atoms with Gasteiger partial charge >= 0.3 is 5.97 Å². The number of carboxylic acids is 1. The molecule has 0 aliphatic rings. The van der Waals surface area contributed by atoms with Crippen molar-refractivity contribution in [3.63, 3.8) is 0 Å². The number of primary amides is 1. The smallest absolute Gasteiger partial charge is 0.328 e. The number of hydrogen-bond acceptors (Lipinski definition) is 9. The van der Waals surface area contributed by atoms with Gasteiger partial charge in [-0.25, -0.2) is 4.79 Å². The minimum atomic E-state index is -1.68. The summed E-state index contributed by atoms with van der Waals surface area (Å²) in [6.07, 6.45) is 0.838. The van der Waals surface area contributed by atoms with Gasteiger partial charge in [0, 0.05) is 0 Å². The maximum atomic E-state index is 12.3. The average Bonchev–Trinajstić information content (AvgIpc) is 2.68. The van der Waals surface area contributed by atoms with Crippen molar-refractivity contribution < 1.29 is 39.3 Å². The van der Waals surface area contributed by atoms with Gasteiger partial charge in [0.25, 0.3) is 0 Å². The number of hydrogen-bond donors (Lipinski definition) is 9. The van der Waals surface area contributed by atoms with Crippen LogP contribution in [0.1, 0.15) is 25.7 Å². The number of nitrogens with one attached hydrogen (secondary N) is 3. The molecule has 0 rings (SSSR count). The second-order valence-electron chi connectivity index (χ2n) is 6.45. The monoisotopic (exact) mass is 434 g/mol. The predicted octanol–water partition coefficient (Wildman–Crippen LogP) is -5.16. The van der Waals surface area contributed by atoms with E-state index in [4.69, 9.17) is 27.4 Å². The van der Waals surface area contributed by atoms with E-state index < -0.39 is 73.4 Å². The number of rotatable bonds is 15. The summed E-state index contributed by atoms with van der Waals surface area (Å²) in [5.41, 5.74) is 16.1. The van der Waals surface area contributed by atoms with E-state index in [9.17, 15) is 29.1 Å². The van der Waals surface area contributed by atoms with Gasteiger partial charge in [-0.05, 0) is 19.4 Å². The number of aliphatic hydroxyl groups is 2. The van der Waals surface area contributed by atoms with Crippen molar-refractivity contribution in [2.45, 2.75) is 49.9 Å². The number of carbonyl (C=O) groups is 5. The lowest BCUT2D eigenvalue weighted by Crippen LogP contribution is -2.59.